The fourth-order valence-corrected chi connectivity index (χ4v) is 8.22. The van der Waals surface area contributed by atoms with Gasteiger partial charge in [0.1, 0.15) is 5.75 Å². The molecule has 5 heteroatoms. The van der Waals surface area contributed by atoms with Crippen molar-refractivity contribution in [2.45, 2.75) is 44.9 Å². The molecule has 5 fully saturated rings. The topological polar surface area (TPSA) is 32.8 Å². The quantitative estimate of drug-likeness (QED) is 0.590. The fraction of sp³-hybridized carbons (Fsp3) is 0.720. The normalized spacial score (nSPS) is 32.5. The van der Waals surface area contributed by atoms with Crippen molar-refractivity contribution in [2.24, 2.45) is 23.2 Å². The predicted molar refractivity (Wildman–Crippen MR) is 124 cm³/mol. The number of benzene rings is 1. The molecule has 0 atom stereocenters. The number of rotatable bonds is 7. The highest BCUT2D eigenvalue weighted by molar-refractivity contribution is 7.99. The fourth-order valence-electron chi connectivity index (χ4n) is 7.14. The average Bonchev–Trinajstić information content (AvgIpc) is 2.76. The Morgan fingerprint density at radius 3 is 2.17 bits per heavy atom. The van der Waals surface area contributed by atoms with Gasteiger partial charge in [-0.25, -0.2) is 0 Å². The van der Waals surface area contributed by atoms with Gasteiger partial charge in [0.05, 0.1) is 12.9 Å². The van der Waals surface area contributed by atoms with Crippen LogP contribution in [0.1, 0.15) is 44.9 Å². The van der Waals surface area contributed by atoms with Crippen LogP contribution < -0.4 is 9.64 Å². The van der Waals surface area contributed by atoms with Gasteiger partial charge >= 0.3 is 0 Å². The summed E-state index contributed by atoms with van der Waals surface area (Å²) in [6.45, 7) is 3.49. The van der Waals surface area contributed by atoms with Crippen LogP contribution in [0.3, 0.4) is 0 Å². The van der Waals surface area contributed by atoms with Crippen molar-refractivity contribution in [3.05, 3.63) is 24.3 Å². The maximum atomic E-state index is 12.7. The van der Waals surface area contributed by atoms with Gasteiger partial charge in [0.2, 0.25) is 5.91 Å². The van der Waals surface area contributed by atoms with Crippen LogP contribution in [0, 0.1) is 23.2 Å². The number of hydrogen-bond acceptors (Lipinski definition) is 4. The van der Waals surface area contributed by atoms with E-state index < -0.39 is 0 Å². The Balaban J connectivity index is 1.03. The summed E-state index contributed by atoms with van der Waals surface area (Å²) in [7, 11) is 1.69. The molecule has 0 spiro atoms. The zero-order valence-electron chi connectivity index (χ0n) is 18.4. The maximum absolute atomic E-state index is 12.7. The van der Waals surface area contributed by atoms with Crippen LogP contribution in [0.15, 0.2) is 24.3 Å². The molecule has 1 aromatic rings. The maximum Gasteiger partial charge on any atom is 0.232 e. The zero-order valence-corrected chi connectivity index (χ0v) is 19.2. The molecule has 30 heavy (non-hydrogen) atoms. The van der Waals surface area contributed by atoms with E-state index in [9.17, 15) is 4.79 Å². The molecule has 4 saturated carbocycles. The average molecular weight is 429 g/mol. The Kier molecular flexibility index (Phi) is 5.92. The van der Waals surface area contributed by atoms with Gasteiger partial charge in [-0.1, -0.05) is 0 Å². The van der Waals surface area contributed by atoms with Crippen molar-refractivity contribution < 1.29 is 9.53 Å². The molecule has 0 N–H and O–H groups in total. The third-order valence-electron chi connectivity index (χ3n) is 8.24. The summed E-state index contributed by atoms with van der Waals surface area (Å²) in [5.74, 6) is 6.15. The van der Waals surface area contributed by atoms with E-state index in [2.05, 4.69) is 21.9 Å². The lowest BCUT2D eigenvalue weighted by molar-refractivity contribution is -0.128. The zero-order chi connectivity index (χ0) is 20.6. The lowest BCUT2D eigenvalue weighted by Gasteiger charge is -2.57. The lowest BCUT2D eigenvalue weighted by Crippen LogP contribution is -2.49. The number of ether oxygens (including phenoxy) is 1. The van der Waals surface area contributed by atoms with E-state index in [1.165, 1.54) is 56.4 Å². The van der Waals surface area contributed by atoms with E-state index in [0.717, 1.165) is 49.7 Å². The number of thioether (sulfide) groups is 1. The number of hydrogen-bond donors (Lipinski definition) is 0. The lowest BCUT2D eigenvalue weighted by atomic mass is 9.49. The third kappa shape index (κ3) is 4.32. The Labute approximate surface area is 185 Å². The highest BCUT2D eigenvalue weighted by Crippen LogP contribution is 2.61. The first kappa shape index (κ1) is 20.5. The van der Waals surface area contributed by atoms with E-state index >= 15 is 0 Å². The standard InChI is InChI=1S/C25H36N2O2S/c1-29-23-4-2-22(3-5-23)26-7-9-27(10-8-26)24(28)18-30-11-6-25-15-19-12-20(16-25)14-21(13-19)17-25/h2-5,19-21H,6-18H2,1H3. The number of methoxy groups -OCH3 is 1. The number of carbonyl (C=O) groups is 1. The van der Waals surface area contributed by atoms with E-state index in [1.807, 2.05) is 23.9 Å². The predicted octanol–water partition coefficient (Wildman–Crippen LogP) is 4.68. The molecule has 6 rings (SSSR count). The molecule has 4 nitrogen and oxygen atoms in total. The molecule has 0 unspecified atom stereocenters. The van der Waals surface area contributed by atoms with Crippen LogP contribution in [0.25, 0.3) is 0 Å². The van der Waals surface area contributed by atoms with Gasteiger partial charge in [0, 0.05) is 31.9 Å². The van der Waals surface area contributed by atoms with Crippen LogP contribution in [-0.2, 0) is 4.79 Å². The number of amides is 1. The van der Waals surface area contributed by atoms with Crippen molar-refractivity contribution in [3.8, 4) is 5.75 Å². The molecule has 1 heterocycles. The molecular weight excluding hydrogens is 392 g/mol. The Hall–Kier alpha value is -1.36. The summed E-state index contributed by atoms with van der Waals surface area (Å²) in [6.07, 6.45) is 10.4. The molecule has 1 amide bonds. The number of carbonyl (C=O) groups excluding carboxylic acids is 1. The van der Waals surface area contributed by atoms with E-state index in [-0.39, 0.29) is 0 Å². The van der Waals surface area contributed by atoms with Crippen molar-refractivity contribution in [1.82, 2.24) is 4.90 Å². The van der Waals surface area contributed by atoms with Crippen LogP contribution in [0.5, 0.6) is 5.75 Å². The van der Waals surface area contributed by atoms with Gasteiger partial charge in [-0.3, -0.25) is 4.79 Å². The van der Waals surface area contributed by atoms with Crippen LogP contribution >= 0.6 is 11.8 Å². The van der Waals surface area contributed by atoms with Gasteiger partial charge in [-0.2, -0.15) is 11.8 Å². The summed E-state index contributed by atoms with van der Waals surface area (Å²) in [5, 5.41) is 0. The number of nitrogens with zero attached hydrogens (tertiary/aromatic N) is 2. The van der Waals surface area contributed by atoms with Crippen molar-refractivity contribution >= 4 is 23.4 Å². The smallest absolute Gasteiger partial charge is 0.232 e. The summed E-state index contributed by atoms with van der Waals surface area (Å²) >= 11 is 1.89. The first-order valence-corrected chi connectivity index (χ1v) is 13.0. The largest absolute Gasteiger partial charge is 0.497 e. The second kappa shape index (κ2) is 8.64. The van der Waals surface area contributed by atoms with Crippen molar-refractivity contribution in [2.75, 3.05) is 49.7 Å². The number of anilines is 1. The molecule has 1 aromatic carbocycles. The van der Waals surface area contributed by atoms with E-state index in [4.69, 9.17) is 4.74 Å². The molecule has 164 valence electrons. The third-order valence-corrected chi connectivity index (χ3v) is 9.18. The first-order valence-electron chi connectivity index (χ1n) is 11.9. The van der Waals surface area contributed by atoms with Crippen molar-refractivity contribution in [1.29, 1.82) is 0 Å². The molecule has 1 saturated heterocycles. The summed E-state index contributed by atoms with van der Waals surface area (Å²) in [6, 6.07) is 8.23. The molecule has 4 aliphatic carbocycles. The first-order chi connectivity index (χ1) is 14.6. The van der Waals surface area contributed by atoms with Gasteiger partial charge in [-0.05, 0) is 98.1 Å². The van der Waals surface area contributed by atoms with Crippen LogP contribution in [-0.4, -0.2) is 55.6 Å². The van der Waals surface area contributed by atoms with Crippen molar-refractivity contribution in [3.63, 3.8) is 0 Å². The van der Waals surface area contributed by atoms with Gasteiger partial charge in [0.25, 0.3) is 0 Å². The monoisotopic (exact) mass is 428 g/mol. The van der Waals surface area contributed by atoms with Gasteiger partial charge < -0.3 is 14.5 Å². The molecule has 0 aromatic heterocycles. The number of piperazine rings is 1. The van der Waals surface area contributed by atoms with E-state index in [1.54, 1.807) is 7.11 Å². The SMILES string of the molecule is COc1ccc(N2CCN(C(=O)CSCCC34CC5CC(CC(C5)C3)C4)CC2)cc1. The molecule has 5 aliphatic rings. The van der Waals surface area contributed by atoms with Crippen LogP contribution in [0.4, 0.5) is 5.69 Å². The minimum Gasteiger partial charge on any atom is -0.497 e. The van der Waals surface area contributed by atoms with Gasteiger partial charge in [-0.15, -0.1) is 0 Å². The minimum atomic E-state index is 0.333. The summed E-state index contributed by atoms with van der Waals surface area (Å²) in [4.78, 5) is 17.1. The molecule has 4 bridgehead atoms. The highest BCUT2D eigenvalue weighted by atomic mass is 32.2. The molecular formula is C25H36N2O2S. The van der Waals surface area contributed by atoms with E-state index in [0.29, 0.717) is 17.1 Å². The Bertz CT molecular complexity index is 707. The molecule has 0 radical (unpaired) electrons. The highest BCUT2D eigenvalue weighted by Gasteiger charge is 2.50. The van der Waals surface area contributed by atoms with Gasteiger partial charge in [0.15, 0.2) is 0 Å². The molecule has 1 aliphatic heterocycles. The second-order valence-electron chi connectivity index (χ2n) is 10.3. The summed E-state index contributed by atoms with van der Waals surface area (Å²) < 4.78 is 5.25. The van der Waals surface area contributed by atoms with Crippen LogP contribution in [0.2, 0.25) is 0 Å². The minimum absolute atomic E-state index is 0.333. The second-order valence-corrected chi connectivity index (χ2v) is 11.4. The Morgan fingerprint density at radius 1 is 1.00 bits per heavy atom. The summed E-state index contributed by atoms with van der Waals surface area (Å²) in [5.41, 5.74) is 1.86. The Morgan fingerprint density at radius 2 is 1.60 bits per heavy atom.